The van der Waals surface area contributed by atoms with Gasteiger partial charge in [-0.25, -0.2) is 0 Å². The van der Waals surface area contributed by atoms with E-state index in [1.807, 2.05) is 11.3 Å². The Morgan fingerprint density at radius 1 is 1.26 bits per heavy atom. The van der Waals surface area contributed by atoms with Gasteiger partial charge >= 0.3 is 0 Å². The van der Waals surface area contributed by atoms with Crippen LogP contribution in [0.25, 0.3) is 10.1 Å². The third-order valence-corrected chi connectivity index (χ3v) is 4.62. The highest BCUT2D eigenvalue weighted by Crippen LogP contribution is 2.32. The fourth-order valence-corrected chi connectivity index (χ4v) is 3.21. The summed E-state index contributed by atoms with van der Waals surface area (Å²) < 4.78 is 7.30. The van der Waals surface area contributed by atoms with Gasteiger partial charge in [0.15, 0.2) is 0 Å². The molecule has 2 nitrogen and oxygen atoms in total. The largest absolute Gasteiger partial charge is 0.374 e. The lowest BCUT2D eigenvalue weighted by molar-refractivity contribution is 0.0513. The third kappa shape index (κ3) is 3.56. The SMILES string of the molecule is CCNCc1sc2ccccc2c1COC(C)CC. The molecule has 0 saturated carbocycles. The van der Waals surface area contributed by atoms with Gasteiger partial charge in [0.2, 0.25) is 0 Å². The molecule has 0 saturated heterocycles. The molecule has 0 fully saturated rings. The first kappa shape index (κ1) is 14.5. The molecule has 1 aromatic heterocycles. The summed E-state index contributed by atoms with van der Waals surface area (Å²) in [7, 11) is 0. The lowest BCUT2D eigenvalue weighted by Crippen LogP contribution is -2.13. The monoisotopic (exact) mass is 277 g/mol. The van der Waals surface area contributed by atoms with Gasteiger partial charge in [0.1, 0.15) is 0 Å². The molecule has 1 aromatic carbocycles. The van der Waals surface area contributed by atoms with Gasteiger partial charge in [-0.1, -0.05) is 32.0 Å². The average molecular weight is 277 g/mol. The molecule has 19 heavy (non-hydrogen) atoms. The molecule has 0 aliphatic rings. The molecular weight excluding hydrogens is 254 g/mol. The number of nitrogens with one attached hydrogen (secondary N) is 1. The topological polar surface area (TPSA) is 21.3 Å². The fraction of sp³-hybridized carbons (Fsp3) is 0.500. The average Bonchev–Trinajstić information content (AvgIpc) is 2.80. The summed E-state index contributed by atoms with van der Waals surface area (Å²) in [6.45, 7) is 9.10. The number of hydrogen-bond donors (Lipinski definition) is 1. The molecule has 1 heterocycles. The molecule has 0 spiro atoms. The van der Waals surface area contributed by atoms with Gasteiger partial charge in [0, 0.05) is 21.7 Å². The number of hydrogen-bond acceptors (Lipinski definition) is 3. The van der Waals surface area contributed by atoms with Crippen molar-refractivity contribution in [3.63, 3.8) is 0 Å². The van der Waals surface area contributed by atoms with E-state index in [0.717, 1.165) is 26.1 Å². The van der Waals surface area contributed by atoms with E-state index in [1.54, 1.807) is 0 Å². The molecular formula is C16H23NOS. The van der Waals surface area contributed by atoms with E-state index in [2.05, 4.69) is 50.4 Å². The Hall–Kier alpha value is -0.900. The van der Waals surface area contributed by atoms with Crippen molar-refractivity contribution in [1.29, 1.82) is 0 Å². The Balaban J connectivity index is 2.25. The van der Waals surface area contributed by atoms with Crippen molar-refractivity contribution in [2.24, 2.45) is 0 Å². The van der Waals surface area contributed by atoms with Crippen molar-refractivity contribution in [1.82, 2.24) is 5.32 Å². The van der Waals surface area contributed by atoms with Crippen molar-refractivity contribution >= 4 is 21.4 Å². The predicted octanol–water partition coefficient (Wildman–Crippen LogP) is 4.33. The third-order valence-electron chi connectivity index (χ3n) is 3.40. The van der Waals surface area contributed by atoms with Crippen LogP contribution in [0.4, 0.5) is 0 Å². The van der Waals surface area contributed by atoms with Gasteiger partial charge < -0.3 is 10.1 Å². The summed E-state index contributed by atoms with van der Waals surface area (Å²) in [6, 6.07) is 8.62. The molecule has 0 amide bonds. The summed E-state index contributed by atoms with van der Waals surface area (Å²) >= 11 is 1.88. The minimum absolute atomic E-state index is 0.325. The lowest BCUT2D eigenvalue weighted by Gasteiger charge is -2.11. The van der Waals surface area contributed by atoms with Gasteiger partial charge in [-0.05, 0) is 31.3 Å². The van der Waals surface area contributed by atoms with Crippen LogP contribution in [0, 0.1) is 0 Å². The maximum atomic E-state index is 5.94. The van der Waals surface area contributed by atoms with Crippen LogP contribution in [-0.2, 0) is 17.9 Å². The zero-order valence-electron chi connectivity index (χ0n) is 12.0. The smallest absolute Gasteiger partial charge is 0.0737 e. The molecule has 104 valence electrons. The van der Waals surface area contributed by atoms with Gasteiger partial charge in [-0.2, -0.15) is 0 Å². The predicted molar refractivity (Wildman–Crippen MR) is 83.7 cm³/mol. The molecule has 1 atom stereocenters. The van der Waals surface area contributed by atoms with E-state index in [4.69, 9.17) is 4.74 Å². The molecule has 2 rings (SSSR count). The quantitative estimate of drug-likeness (QED) is 0.813. The fourth-order valence-electron chi connectivity index (χ4n) is 2.03. The second-order valence-corrected chi connectivity index (χ2v) is 5.95. The minimum atomic E-state index is 0.325. The molecule has 0 bridgehead atoms. The van der Waals surface area contributed by atoms with Crippen LogP contribution in [0.3, 0.4) is 0 Å². The highest BCUT2D eigenvalue weighted by atomic mass is 32.1. The Kier molecular flexibility index (Phi) is 5.37. The highest BCUT2D eigenvalue weighted by molar-refractivity contribution is 7.19. The van der Waals surface area contributed by atoms with E-state index >= 15 is 0 Å². The summed E-state index contributed by atoms with van der Waals surface area (Å²) in [5.74, 6) is 0. The maximum Gasteiger partial charge on any atom is 0.0737 e. The van der Waals surface area contributed by atoms with Gasteiger partial charge in [0.05, 0.1) is 12.7 Å². The number of benzene rings is 1. The van der Waals surface area contributed by atoms with Gasteiger partial charge in [-0.3, -0.25) is 0 Å². The zero-order valence-corrected chi connectivity index (χ0v) is 12.8. The molecule has 1 unspecified atom stereocenters. The second-order valence-electron chi connectivity index (χ2n) is 4.81. The highest BCUT2D eigenvalue weighted by Gasteiger charge is 2.12. The van der Waals surface area contributed by atoms with Crippen molar-refractivity contribution in [3.8, 4) is 0 Å². The maximum absolute atomic E-state index is 5.94. The van der Waals surface area contributed by atoms with E-state index in [-0.39, 0.29) is 0 Å². The Labute approximate surface area is 119 Å². The van der Waals surface area contributed by atoms with Crippen LogP contribution in [0.1, 0.15) is 37.6 Å². The number of rotatable bonds is 7. The van der Waals surface area contributed by atoms with Crippen LogP contribution in [0.5, 0.6) is 0 Å². The first-order valence-electron chi connectivity index (χ1n) is 7.07. The molecule has 3 heteroatoms. The van der Waals surface area contributed by atoms with E-state index < -0.39 is 0 Å². The van der Waals surface area contributed by atoms with Crippen LogP contribution < -0.4 is 5.32 Å². The summed E-state index contributed by atoms with van der Waals surface area (Å²) in [6.07, 6.45) is 1.38. The van der Waals surface area contributed by atoms with Crippen LogP contribution >= 0.6 is 11.3 Å². The standard InChI is InChI=1S/C16H23NOS/c1-4-12(3)18-11-14-13-8-6-7-9-15(13)19-16(14)10-17-5-2/h6-9,12,17H,4-5,10-11H2,1-3H3. The molecule has 1 N–H and O–H groups in total. The van der Waals surface area contributed by atoms with Crippen molar-refractivity contribution in [2.75, 3.05) is 6.54 Å². The van der Waals surface area contributed by atoms with Crippen molar-refractivity contribution in [2.45, 2.75) is 46.4 Å². The van der Waals surface area contributed by atoms with Gasteiger partial charge in [0.25, 0.3) is 0 Å². The first-order valence-corrected chi connectivity index (χ1v) is 7.89. The molecule has 2 aromatic rings. The summed E-state index contributed by atoms with van der Waals surface area (Å²) in [5, 5.41) is 4.77. The Morgan fingerprint density at radius 3 is 2.79 bits per heavy atom. The normalized spacial score (nSPS) is 13.0. The Morgan fingerprint density at radius 2 is 2.05 bits per heavy atom. The van der Waals surface area contributed by atoms with Crippen LogP contribution in [-0.4, -0.2) is 12.6 Å². The van der Waals surface area contributed by atoms with E-state index in [9.17, 15) is 0 Å². The summed E-state index contributed by atoms with van der Waals surface area (Å²) in [5.41, 5.74) is 1.36. The van der Waals surface area contributed by atoms with Crippen molar-refractivity contribution in [3.05, 3.63) is 34.7 Å². The number of fused-ring (bicyclic) bond motifs is 1. The zero-order chi connectivity index (χ0) is 13.7. The number of ether oxygens (including phenoxy) is 1. The van der Waals surface area contributed by atoms with Crippen molar-refractivity contribution < 1.29 is 4.74 Å². The molecule has 0 radical (unpaired) electrons. The molecule has 0 aliphatic heterocycles. The van der Waals surface area contributed by atoms with Gasteiger partial charge in [-0.15, -0.1) is 11.3 Å². The first-order chi connectivity index (χ1) is 9.26. The minimum Gasteiger partial charge on any atom is -0.374 e. The van der Waals surface area contributed by atoms with E-state index in [0.29, 0.717) is 6.10 Å². The lowest BCUT2D eigenvalue weighted by atomic mass is 10.1. The Bertz CT molecular complexity index is 520. The second kappa shape index (κ2) is 7.04. The molecule has 0 aliphatic carbocycles. The van der Waals surface area contributed by atoms with E-state index in [1.165, 1.54) is 20.5 Å². The van der Waals surface area contributed by atoms with Crippen LogP contribution in [0.2, 0.25) is 0 Å². The number of thiophene rings is 1. The van der Waals surface area contributed by atoms with Crippen LogP contribution in [0.15, 0.2) is 24.3 Å². The summed E-state index contributed by atoms with van der Waals surface area (Å²) in [4.78, 5) is 1.41.